The van der Waals surface area contributed by atoms with Crippen LogP contribution in [0.25, 0.3) is 0 Å². The van der Waals surface area contributed by atoms with E-state index in [1.54, 1.807) is 24.3 Å². The lowest BCUT2D eigenvalue weighted by atomic mass is 10.0. The van der Waals surface area contributed by atoms with E-state index >= 15 is 0 Å². The molecule has 1 aromatic carbocycles. The molecule has 3 rings (SSSR count). The van der Waals surface area contributed by atoms with E-state index in [-0.39, 0.29) is 18.4 Å². The predicted molar refractivity (Wildman–Crippen MR) is 102 cm³/mol. The Morgan fingerprint density at radius 2 is 1.76 bits per heavy atom. The largest absolute Gasteiger partial charge is 0.494 e. The Morgan fingerprint density at radius 3 is 2.36 bits per heavy atom. The highest BCUT2D eigenvalue weighted by Crippen LogP contribution is 2.28. The van der Waals surface area contributed by atoms with E-state index in [1.165, 1.54) is 0 Å². The normalized spacial score (nSPS) is 25.4. The highest BCUT2D eigenvalue weighted by atomic mass is 35.5. The summed E-state index contributed by atoms with van der Waals surface area (Å²) < 4.78 is 33.7. The van der Waals surface area contributed by atoms with Gasteiger partial charge >= 0.3 is 0 Å². The number of fused-ring (bicyclic) bond motifs is 2. The maximum Gasteiger partial charge on any atom is 0.240 e. The minimum Gasteiger partial charge on any atom is -0.494 e. The molecule has 2 bridgehead atoms. The van der Waals surface area contributed by atoms with Crippen LogP contribution in [0, 0.1) is 0 Å². The van der Waals surface area contributed by atoms with Crippen LogP contribution in [0.5, 0.6) is 5.75 Å². The van der Waals surface area contributed by atoms with Gasteiger partial charge in [-0.05, 0) is 56.4 Å². The van der Waals surface area contributed by atoms with Crippen LogP contribution in [0.3, 0.4) is 0 Å². The molecule has 2 N–H and O–H groups in total. The summed E-state index contributed by atoms with van der Waals surface area (Å²) in [6, 6.07) is 7.73. The van der Waals surface area contributed by atoms with Gasteiger partial charge < -0.3 is 10.1 Å². The quantitative estimate of drug-likeness (QED) is 0.671. The molecule has 5 nitrogen and oxygen atoms in total. The van der Waals surface area contributed by atoms with E-state index in [4.69, 9.17) is 4.74 Å². The van der Waals surface area contributed by atoms with Crippen molar-refractivity contribution in [3.05, 3.63) is 24.3 Å². The number of ether oxygens (including phenoxy) is 1. The Labute approximate surface area is 157 Å². The van der Waals surface area contributed by atoms with Crippen molar-refractivity contribution in [2.75, 3.05) is 6.61 Å². The van der Waals surface area contributed by atoms with E-state index in [0.717, 1.165) is 50.7 Å². The fourth-order valence-corrected chi connectivity index (χ4v) is 4.96. The summed E-state index contributed by atoms with van der Waals surface area (Å²) in [5.41, 5.74) is 0. The van der Waals surface area contributed by atoms with Crippen molar-refractivity contribution in [2.45, 2.75) is 74.9 Å². The number of piperidine rings is 1. The van der Waals surface area contributed by atoms with Gasteiger partial charge in [0.25, 0.3) is 0 Å². The van der Waals surface area contributed by atoms with Gasteiger partial charge in [-0.2, -0.15) is 0 Å². The lowest BCUT2D eigenvalue weighted by Gasteiger charge is -2.29. The second-order valence-corrected chi connectivity index (χ2v) is 8.67. The maximum atomic E-state index is 12.6. The molecular formula is C18H29ClN2O3S. The van der Waals surface area contributed by atoms with Crippen molar-refractivity contribution in [1.82, 2.24) is 10.0 Å². The van der Waals surface area contributed by atoms with Crippen molar-refractivity contribution in [3.63, 3.8) is 0 Å². The molecule has 0 amide bonds. The van der Waals surface area contributed by atoms with Gasteiger partial charge in [0, 0.05) is 18.1 Å². The first kappa shape index (κ1) is 20.5. The van der Waals surface area contributed by atoms with Crippen LogP contribution in [0.4, 0.5) is 0 Å². The molecule has 2 fully saturated rings. The molecule has 2 atom stereocenters. The first-order valence-electron chi connectivity index (χ1n) is 9.08. The van der Waals surface area contributed by atoms with Gasteiger partial charge in [-0.25, -0.2) is 13.1 Å². The Kier molecular flexibility index (Phi) is 7.55. The van der Waals surface area contributed by atoms with Gasteiger partial charge in [-0.15, -0.1) is 12.4 Å². The molecular weight excluding hydrogens is 360 g/mol. The molecule has 0 spiro atoms. The smallest absolute Gasteiger partial charge is 0.240 e. The zero-order chi connectivity index (χ0) is 17.0. The minimum atomic E-state index is -3.46. The van der Waals surface area contributed by atoms with Crippen molar-refractivity contribution in [1.29, 1.82) is 0 Å². The Balaban J connectivity index is 0.00000225. The molecule has 2 aliphatic rings. The maximum absolute atomic E-state index is 12.6. The number of hydrogen-bond donors (Lipinski definition) is 2. The molecule has 2 unspecified atom stereocenters. The van der Waals surface area contributed by atoms with E-state index in [1.807, 2.05) is 0 Å². The topological polar surface area (TPSA) is 67.4 Å². The molecule has 0 saturated carbocycles. The molecule has 2 aliphatic heterocycles. The first-order valence-corrected chi connectivity index (χ1v) is 10.6. The summed E-state index contributed by atoms with van der Waals surface area (Å²) in [6.45, 7) is 2.83. The lowest BCUT2D eigenvalue weighted by molar-refractivity contribution is 0.306. The summed E-state index contributed by atoms with van der Waals surface area (Å²) in [4.78, 5) is 0.314. The number of sulfonamides is 1. The predicted octanol–water partition coefficient (Wildman–Crippen LogP) is 3.24. The van der Waals surface area contributed by atoms with Crippen LogP contribution in [0.2, 0.25) is 0 Å². The lowest BCUT2D eigenvalue weighted by Crippen LogP contribution is -2.47. The highest BCUT2D eigenvalue weighted by Gasteiger charge is 2.35. The van der Waals surface area contributed by atoms with Crippen molar-refractivity contribution < 1.29 is 13.2 Å². The molecule has 1 aromatic rings. The molecule has 2 heterocycles. The fraction of sp³-hybridized carbons (Fsp3) is 0.667. The minimum absolute atomic E-state index is 0. The third kappa shape index (κ3) is 5.58. The Hall–Kier alpha value is -0.820. The van der Waals surface area contributed by atoms with Crippen LogP contribution in [-0.2, 0) is 10.0 Å². The van der Waals surface area contributed by atoms with E-state index in [0.29, 0.717) is 23.6 Å². The third-order valence-electron chi connectivity index (χ3n) is 4.95. The van der Waals surface area contributed by atoms with Crippen LogP contribution >= 0.6 is 12.4 Å². The summed E-state index contributed by atoms with van der Waals surface area (Å²) in [6.07, 6.45) is 7.41. The average molecular weight is 389 g/mol. The zero-order valence-corrected chi connectivity index (χ0v) is 16.4. The van der Waals surface area contributed by atoms with E-state index in [9.17, 15) is 8.42 Å². The average Bonchev–Trinajstić information content (AvgIpc) is 2.90. The Bertz CT molecular complexity index is 624. The molecule has 25 heavy (non-hydrogen) atoms. The van der Waals surface area contributed by atoms with Crippen molar-refractivity contribution in [2.24, 2.45) is 0 Å². The fourth-order valence-electron chi connectivity index (χ4n) is 3.70. The van der Waals surface area contributed by atoms with Crippen molar-refractivity contribution in [3.8, 4) is 5.75 Å². The summed E-state index contributed by atoms with van der Waals surface area (Å²) >= 11 is 0. The van der Waals surface area contributed by atoms with Gasteiger partial charge in [0.1, 0.15) is 5.75 Å². The second-order valence-electron chi connectivity index (χ2n) is 6.95. The zero-order valence-electron chi connectivity index (χ0n) is 14.7. The van der Waals surface area contributed by atoms with Gasteiger partial charge in [-0.3, -0.25) is 0 Å². The van der Waals surface area contributed by atoms with Gasteiger partial charge in [-0.1, -0.05) is 19.8 Å². The molecule has 0 aliphatic carbocycles. The van der Waals surface area contributed by atoms with Gasteiger partial charge in [0.2, 0.25) is 10.0 Å². The van der Waals surface area contributed by atoms with Crippen LogP contribution in [-0.4, -0.2) is 33.2 Å². The van der Waals surface area contributed by atoms with Gasteiger partial charge in [0.15, 0.2) is 0 Å². The molecule has 0 aromatic heterocycles. The van der Waals surface area contributed by atoms with Crippen molar-refractivity contribution >= 4 is 22.4 Å². The number of halogens is 1. The number of nitrogens with one attached hydrogen (secondary N) is 2. The SMILES string of the molecule is CCCCCOc1ccc(S(=O)(=O)NC2CC3CCC(C2)N3)cc1.Cl. The second kappa shape index (κ2) is 9.21. The summed E-state index contributed by atoms with van der Waals surface area (Å²) in [7, 11) is -3.46. The first-order chi connectivity index (χ1) is 11.6. The molecule has 2 saturated heterocycles. The molecule has 7 heteroatoms. The monoisotopic (exact) mass is 388 g/mol. The summed E-state index contributed by atoms with van der Waals surface area (Å²) in [5, 5.41) is 3.53. The van der Waals surface area contributed by atoms with E-state index < -0.39 is 10.0 Å². The highest BCUT2D eigenvalue weighted by molar-refractivity contribution is 7.89. The molecule has 142 valence electrons. The van der Waals surface area contributed by atoms with Crippen LogP contribution < -0.4 is 14.8 Å². The summed E-state index contributed by atoms with van der Waals surface area (Å²) in [5.74, 6) is 0.727. The Morgan fingerprint density at radius 1 is 1.12 bits per heavy atom. The number of hydrogen-bond acceptors (Lipinski definition) is 4. The number of benzene rings is 1. The van der Waals surface area contributed by atoms with E-state index in [2.05, 4.69) is 17.0 Å². The number of rotatable bonds is 8. The number of unbranched alkanes of at least 4 members (excludes halogenated alkanes) is 2. The van der Waals surface area contributed by atoms with Gasteiger partial charge in [0.05, 0.1) is 11.5 Å². The van der Waals surface area contributed by atoms with Crippen LogP contribution in [0.15, 0.2) is 29.2 Å². The third-order valence-corrected chi connectivity index (χ3v) is 6.48. The molecule has 0 radical (unpaired) electrons. The van der Waals surface area contributed by atoms with Crippen LogP contribution in [0.1, 0.15) is 51.9 Å². The standard InChI is InChI=1S/C18H28N2O3S.ClH/c1-2-3-4-11-23-17-7-9-18(10-8-17)24(21,22)20-16-12-14-5-6-15(13-16)19-14;/h7-10,14-16,19-20H,2-6,11-13H2,1H3;1H.